The Bertz CT molecular complexity index is 982. The van der Waals surface area contributed by atoms with Crippen LogP contribution in [0.25, 0.3) is 0 Å². The molecule has 0 radical (unpaired) electrons. The highest BCUT2D eigenvalue weighted by Gasteiger charge is 2.36. The standard InChI is InChI=1S/C24H28N2O7/c1-30-20-13-17(14-21(31-2)22(20)32-3)12-18(25-33-15-16-8-5-4-6-9-16)23(27)26-11-7-10-19(26)24(28)29/h4-6,8-9,13-14,19H,7,10-12,15H2,1-3H3,(H,28,29)/b25-18-/t19-/m0/s1. The summed E-state index contributed by atoms with van der Waals surface area (Å²) in [6, 6.07) is 12.0. The molecule has 1 fully saturated rings. The number of methoxy groups -OCH3 is 3. The number of carboxylic acid groups (broad SMARTS) is 1. The van der Waals surface area contributed by atoms with Gasteiger partial charge in [-0.3, -0.25) is 4.79 Å². The second kappa shape index (κ2) is 11.2. The van der Waals surface area contributed by atoms with Crippen LogP contribution in [0.2, 0.25) is 0 Å². The van der Waals surface area contributed by atoms with Gasteiger partial charge in [0.05, 0.1) is 21.3 Å². The Morgan fingerprint density at radius 2 is 1.70 bits per heavy atom. The summed E-state index contributed by atoms with van der Waals surface area (Å²) in [6.07, 6.45) is 1.11. The fourth-order valence-corrected chi connectivity index (χ4v) is 3.77. The van der Waals surface area contributed by atoms with E-state index in [1.165, 1.54) is 26.2 Å². The van der Waals surface area contributed by atoms with E-state index >= 15 is 0 Å². The maximum absolute atomic E-state index is 13.3. The summed E-state index contributed by atoms with van der Waals surface area (Å²) in [5.74, 6) is -0.193. The fraction of sp³-hybridized carbons (Fsp3) is 0.375. The molecule has 9 nitrogen and oxygen atoms in total. The Balaban J connectivity index is 1.90. The number of nitrogens with zero attached hydrogens (tertiary/aromatic N) is 2. The van der Waals surface area contributed by atoms with Crippen molar-refractivity contribution < 1.29 is 33.7 Å². The van der Waals surface area contributed by atoms with E-state index in [0.29, 0.717) is 42.2 Å². The van der Waals surface area contributed by atoms with E-state index in [4.69, 9.17) is 19.0 Å². The van der Waals surface area contributed by atoms with Crippen molar-refractivity contribution in [3.8, 4) is 17.2 Å². The molecular weight excluding hydrogens is 428 g/mol. The molecule has 33 heavy (non-hydrogen) atoms. The van der Waals surface area contributed by atoms with Gasteiger partial charge >= 0.3 is 5.97 Å². The van der Waals surface area contributed by atoms with Crippen molar-refractivity contribution in [2.24, 2.45) is 5.16 Å². The molecule has 1 heterocycles. The fourth-order valence-electron chi connectivity index (χ4n) is 3.77. The van der Waals surface area contributed by atoms with Crippen molar-refractivity contribution in [1.82, 2.24) is 4.90 Å². The Kier molecular flexibility index (Phi) is 8.12. The van der Waals surface area contributed by atoms with Crippen LogP contribution in [0.1, 0.15) is 24.0 Å². The number of amides is 1. The van der Waals surface area contributed by atoms with Crippen LogP contribution < -0.4 is 14.2 Å². The lowest BCUT2D eigenvalue weighted by atomic mass is 10.1. The second-order valence-electron chi connectivity index (χ2n) is 7.50. The number of benzene rings is 2. The first kappa shape index (κ1) is 23.9. The van der Waals surface area contributed by atoms with Crippen LogP contribution in [0, 0.1) is 0 Å². The van der Waals surface area contributed by atoms with Gasteiger partial charge < -0.3 is 29.1 Å². The van der Waals surface area contributed by atoms with Crippen molar-refractivity contribution in [2.75, 3.05) is 27.9 Å². The zero-order chi connectivity index (χ0) is 23.8. The van der Waals surface area contributed by atoms with Gasteiger partial charge in [0.2, 0.25) is 5.75 Å². The summed E-state index contributed by atoms with van der Waals surface area (Å²) >= 11 is 0. The van der Waals surface area contributed by atoms with Gasteiger partial charge in [0.15, 0.2) is 11.5 Å². The number of hydrogen-bond donors (Lipinski definition) is 1. The molecule has 1 aliphatic heterocycles. The topological polar surface area (TPSA) is 107 Å². The summed E-state index contributed by atoms with van der Waals surface area (Å²) in [4.78, 5) is 31.8. The first-order valence-corrected chi connectivity index (χ1v) is 10.5. The highest BCUT2D eigenvalue weighted by atomic mass is 16.6. The first-order valence-electron chi connectivity index (χ1n) is 10.5. The number of carboxylic acids is 1. The molecule has 9 heteroatoms. The number of carbonyl (C=O) groups is 2. The van der Waals surface area contributed by atoms with Gasteiger partial charge in [0.25, 0.3) is 5.91 Å². The Morgan fingerprint density at radius 3 is 2.27 bits per heavy atom. The average molecular weight is 456 g/mol. The molecule has 1 aliphatic rings. The van der Waals surface area contributed by atoms with E-state index in [2.05, 4.69) is 5.16 Å². The lowest BCUT2D eigenvalue weighted by Gasteiger charge is -2.22. The minimum atomic E-state index is -1.03. The lowest BCUT2D eigenvalue weighted by Crippen LogP contribution is -2.44. The van der Waals surface area contributed by atoms with E-state index in [9.17, 15) is 14.7 Å². The molecule has 1 amide bonds. The molecule has 0 aliphatic carbocycles. The normalized spacial score (nSPS) is 15.8. The number of rotatable bonds is 10. The molecule has 0 spiro atoms. The van der Waals surface area contributed by atoms with Crippen molar-refractivity contribution in [1.29, 1.82) is 0 Å². The van der Waals surface area contributed by atoms with Crippen LogP contribution in [-0.4, -0.2) is 61.5 Å². The summed E-state index contributed by atoms with van der Waals surface area (Å²) < 4.78 is 16.2. The predicted molar refractivity (Wildman–Crippen MR) is 121 cm³/mol. The number of aliphatic carboxylic acids is 1. The summed E-state index contributed by atoms with van der Waals surface area (Å²) in [5.41, 5.74) is 1.66. The second-order valence-corrected chi connectivity index (χ2v) is 7.50. The van der Waals surface area contributed by atoms with Gasteiger partial charge in [-0.15, -0.1) is 0 Å². The van der Waals surface area contributed by atoms with E-state index in [-0.39, 0.29) is 18.7 Å². The highest BCUT2D eigenvalue weighted by molar-refractivity contribution is 6.39. The van der Waals surface area contributed by atoms with E-state index in [0.717, 1.165) is 5.56 Å². The quantitative estimate of drug-likeness (QED) is 0.433. The Morgan fingerprint density at radius 1 is 1.03 bits per heavy atom. The lowest BCUT2D eigenvalue weighted by molar-refractivity contribution is -0.146. The van der Waals surface area contributed by atoms with Crippen molar-refractivity contribution in [3.63, 3.8) is 0 Å². The van der Waals surface area contributed by atoms with Crippen molar-refractivity contribution in [2.45, 2.75) is 31.9 Å². The molecule has 0 aromatic heterocycles. The Hall–Kier alpha value is -3.75. The summed E-state index contributed by atoms with van der Waals surface area (Å²) in [7, 11) is 4.52. The molecule has 0 saturated carbocycles. The first-order chi connectivity index (χ1) is 16.0. The van der Waals surface area contributed by atoms with Crippen molar-refractivity contribution in [3.05, 3.63) is 53.6 Å². The van der Waals surface area contributed by atoms with Gasteiger partial charge in [0.1, 0.15) is 18.4 Å². The monoisotopic (exact) mass is 456 g/mol. The van der Waals surface area contributed by atoms with Gasteiger partial charge in [-0.1, -0.05) is 35.5 Å². The van der Waals surface area contributed by atoms with E-state index < -0.39 is 17.9 Å². The van der Waals surface area contributed by atoms with Gasteiger partial charge in [-0.05, 0) is 36.1 Å². The van der Waals surface area contributed by atoms with Crippen LogP contribution in [-0.2, 0) is 27.5 Å². The van der Waals surface area contributed by atoms with Crippen LogP contribution in [0.15, 0.2) is 47.6 Å². The summed E-state index contributed by atoms with van der Waals surface area (Å²) in [5, 5.41) is 13.6. The van der Waals surface area contributed by atoms with Gasteiger partial charge in [-0.25, -0.2) is 4.79 Å². The average Bonchev–Trinajstić information content (AvgIpc) is 3.33. The smallest absolute Gasteiger partial charge is 0.326 e. The maximum atomic E-state index is 13.3. The number of oxime groups is 1. The molecule has 2 aromatic rings. The number of hydrogen-bond acceptors (Lipinski definition) is 7. The Labute approximate surface area is 192 Å². The van der Waals surface area contributed by atoms with Crippen LogP contribution in [0.4, 0.5) is 0 Å². The molecule has 1 N–H and O–H groups in total. The predicted octanol–water partition coefficient (Wildman–Crippen LogP) is 2.90. The molecule has 1 atom stereocenters. The highest BCUT2D eigenvalue weighted by Crippen LogP contribution is 2.38. The molecular formula is C24H28N2O7. The van der Waals surface area contributed by atoms with Crippen LogP contribution in [0.5, 0.6) is 17.2 Å². The third-order valence-electron chi connectivity index (χ3n) is 5.39. The number of likely N-dealkylation sites (tertiary alicyclic amines) is 1. The number of ether oxygens (including phenoxy) is 3. The molecule has 3 rings (SSSR count). The molecule has 176 valence electrons. The van der Waals surface area contributed by atoms with Crippen LogP contribution in [0.3, 0.4) is 0 Å². The van der Waals surface area contributed by atoms with Gasteiger partial charge in [-0.2, -0.15) is 0 Å². The molecule has 0 bridgehead atoms. The third-order valence-corrected chi connectivity index (χ3v) is 5.39. The van der Waals surface area contributed by atoms with Crippen molar-refractivity contribution >= 4 is 17.6 Å². The maximum Gasteiger partial charge on any atom is 0.326 e. The van der Waals surface area contributed by atoms with Gasteiger partial charge in [0, 0.05) is 13.0 Å². The minimum Gasteiger partial charge on any atom is -0.493 e. The molecule has 0 unspecified atom stereocenters. The third kappa shape index (κ3) is 5.74. The SMILES string of the molecule is COc1cc(C/C(=N/OCc2ccccc2)C(=O)N2CCC[C@H]2C(=O)O)cc(OC)c1OC. The minimum absolute atomic E-state index is 0.0905. The zero-order valence-corrected chi connectivity index (χ0v) is 18.9. The van der Waals surface area contributed by atoms with E-state index in [1.54, 1.807) is 12.1 Å². The molecule has 2 aromatic carbocycles. The van der Waals surface area contributed by atoms with Crippen LogP contribution >= 0.6 is 0 Å². The summed E-state index contributed by atoms with van der Waals surface area (Å²) in [6.45, 7) is 0.526. The van der Waals surface area contributed by atoms with E-state index in [1.807, 2.05) is 30.3 Å². The number of carbonyl (C=O) groups excluding carboxylic acids is 1. The molecule has 1 saturated heterocycles. The largest absolute Gasteiger partial charge is 0.493 e. The zero-order valence-electron chi connectivity index (χ0n) is 18.9.